The Hall–Kier alpha value is -1.17. The molecule has 1 aromatic heterocycles. The van der Waals surface area contributed by atoms with Crippen molar-refractivity contribution < 1.29 is 9.53 Å². The van der Waals surface area contributed by atoms with E-state index >= 15 is 0 Å². The third kappa shape index (κ3) is 3.73. The lowest BCUT2D eigenvalue weighted by Crippen LogP contribution is -2.39. The van der Waals surface area contributed by atoms with Crippen molar-refractivity contribution in [3.05, 3.63) is 11.3 Å². The van der Waals surface area contributed by atoms with E-state index in [-0.39, 0.29) is 11.9 Å². The van der Waals surface area contributed by atoms with Gasteiger partial charge in [0.05, 0.1) is 12.8 Å². The van der Waals surface area contributed by atoms with Crippen LogP contribution in [0.5, 0.6) is 5.88 Å². The Morgan fingerprint density at radius 1 is 1.52 bits per heavy atom. The van der Waals surface area contributed by atoms with Crippen LogP contribution in [-0.4, -0.2) is 39.8 Å². The Morgan fingerprint density at radius 3 is 2.95 bits per heavy atom. The third-order valence-corrected chi connectivity index (χ3v) is 5.19. The van der Waals surface area contributed by atoms with Gasteiger partial charge in [-0.2, -0.15) is 16.9 Å². The summed E-state index contributed by atoms with van der Waals surface area (Å²) in [6.45, 7) is 4.03. The van der Waals surface area contributed by atoms with Crippen molar-refractivity contribution in [2.24, 2.45) is 7.05 Å². The monoisotopic (exact) mass is 311 g/mol. The average molecular weight is 311 g/mol. The summed E-state index contributed by atoms with van der Waals surface area (Å²) in [5.74, 6) is 1.60. The van der Waals surface area contributed by atoms with Gasteiger partial charge in [0.15, 0.2) is 0 Å². The molecule has 0 saturated heterocycles. The number of hydrogen-bond donors (Lipinski definition) is 1. The fourth-order valence-corrected chi connectivity index (χ4v) is 4.23. The highest BCUT2D eigenvalue weighted by Gasteiger charge is 2.27. The number of aromatic nitrogens is 2. The van der Waals surface area contributed by atoms with Crippen LogP contribution in [0.2, 0.25) is 0 Å². The molecule has 1 aliphatic rings. The highest BCUT2D eigenvalue weighted by Crippen LogP contribution is 2.29. The lowest BCUT2D eigenvalue weighted by molar-refractivity contribution is 0.0924. The lowest BCUT2D eigenvalue weighted by Gasteiger charge is -2.29. The minimum absolute atomic E-state index is 0.0652. The molecule has 0 aromatic carbocycles. The SMILES string of the molecule is CCS[C@@H]1CCC[C@H](NC(=O)c2c(C)nn(C)c2OC)C1. The number of carbonyl (C=O) groups is 1. The summed E-state index contributed by atoms with van der Waals surface area (Å²) in [7, 11) is 3.36. The number of hydrogen-bond acceptors (Lipinski definition) is 4. The zero-order valence-corrected chi connectivity index (χ0v) is 14.1. The predicted molar refractivity (Wildman–Crippen MR) is 86.1 cm³/mol. The summed E-state index contributed by atoms with van der Waals surface area (Å²) in [6.07, 6.45) is 4.58. The van der Waals surface area contributed by atoms with Crippen molar-refractivity contribution in [3.8, 4) is 5.88 Å². The third-order valence-electron chi connectivity index (χ3n) is 3.95. The van der Waals surface area contributed by atoms with E-state index in [0.717, 1.165) is 18.6 Å². The van der Waals surface area contributed by atoms with E-state index in [1.807, 2.05) is 18.7 Å². The van der Waals surface area contributed by atoms with Crippen LogP contribution in [0.1, 0.15) is 48.7 Å². The second-order valence-electron chi connectivity index (χ2n) is 5.51. The minimum Gasteiger partial charge on any atom is -0.481 e. The molecule has 0 aliphatic heterocycles. The van der Waals surface area contributed by atoms with Crippen LogP contribution in [0.4, 0.5) is 0 Å². The van der Waals surface area contributed by atoms with Crippen molar-refractivity contribution >= 4 is 17.7 Å². The van der Waals surface area contributed by atoms with E-state index in [9.17, 15) is 4.79 Å². The van der Waals surface area contributed by atoms with Crippen LogP contribution in [0.15, 0.2) is 0 Å². The number of nitrogens with zero attached hydrogens (tertiary/aromatic N) is 2. The van der Waals surface area contributed by atoms with Crippen LogP contribution in [0, 0.1) is 6.92 Å². The van der Waals surface area contributed by atoms with Crippen LogP contribution >= 0.6 is 11.8 Å². The number of thioether (sulfide) groups is 1. The number of nitrogens with one attached hydrogen (secondary N) is 1. The van der Waals surface area contributed by atoms with Crippen molar-refractivity contribution in [2.45, 2.75) is 50.8 Å². The number of carbonyl (C=O) groups excluding carboxylic acids is 1. The maximum atomic E-state index is 12.5. The molecular weight excluding hydrogens is 286 g/mol. The Bertz CT molecular complexity index is 499. The molecular formula is C15H25N3O2S. The first-order valence-corrected chi connectivity index (χ1v) is 8.61. The molecule has 0 unspecified atom stereocenters. The summed E-state index contributed by atoms with van der Waals surface area (Å²) in [4.78, 5) is 12.5. The molecule has 2 atom stereocenters. The maximum Gasteiger partial charge on any atom is 0.258 e. The molecule has 1 saturated carbocycles. The average Bonchev–Trinajstić information content (AvgIpc) is 2.73. The highest BCUT2D eigenvalue weighted by atomic mass is 32.2. The zero-order valence-electron chi connectivity index (χ0n) is 13.3. The van der Waals surface area contributed by atoms with E-state index < -0.39 is 0 Å². The number of aryl methyl sites for hydroxylation is 2. The van der Waals surface area contributed by atoms with Gasteiger partial charge >= 0.3 is 0 Å². The topological polar surface area (TPSA) is 56.2 Å². The second kappa shape index (κ2) is 7.20. The quantitative estimate of drug-likeness (QED) is 0.908. The van der Waals surface area contributed by atoms with Gasteiger partial charge in [0.25, 0.3) is 5.91 Å². The van der Waals surface area contributed by atoms with Crippen LogP contribution < -0.4 is 10.1 Å². The summed E-state index contributed by atoms with van der Waals surface area (Å²) in [6, 6.07) is 0.264. The Balaban J connectivity index is 2.04. The number of methoxy groups -OCH3 is 1. The minimum atomic E-state index is -0.0652. The maximum absolute atomic E-state index is 12.5. The van der Waals surface area contributed by atoms with Crippen molar-refractivity contribution in [2.75, 3.05) is 12.9 Å². The zero-order chi connectivity index (χ0) is 15.4. The summed E-state index contributed by atoms with van der Waals surface area (Å²) in [5, 5.41) is 8.11. The largest absolute Gasteiger partial charge is 0.481 e. The van der Waals surface area contributed by atoms with Gasteiger partial charge in [0, 0.05) is 18.3 Å². The van der Waals surface area contributed by atoms with E-state index in [1.54, 1.807) is 18.8 Å². The van der Waals surface area contributed by atoms with Crippen LogP contribution in [0.25, 0.3) is 0 Å². The first kappa shape index (κ1) is 16.2. The van der Waals surface area contributed by atoms with Crippen molar-refractivity contribution in [1.29, 1.82) is 0 Å². The summed E-state index contributed by atoms with van der Waals surface area (Å²) < 4.78 is 6.91. The van der Waals surface area contributed by atoms with Gasteiger partial charge < -0.3 is 10.1 Å². The van der Waals surface area contributed by atoms with E-state index in [0.29, 0.717) is 22.4 Å². The first-order chi connectivity index (χ1) is 10.1. The molecule has 5 nitrogen and oxygen atoms in total. The molecule has 2 rings (SSSR count). The molecule has 118 valence electrons. The van der Waals surface area contributed by atoms with Gasteiger partial charge in [-0.3, -0.25) is 4.79 Å². The van der Waals surface area contributed by atoms with Gasteiger partial charge in [-0.25, -0.2) is 4.68 Å². The highest BCUT2D eigenvalue weighted by molar-refractivity contribution is 7.99. The van der Waals surface area contributed by atoms with E-state index in [1.165, 1.54) is 12.8 Å². The second-order valence-corrected chi connectivity index (χ2v) is 7.08. The van der Waals surface area contributed by atoms with Gasteiger partial charge in [0.2, 0.25) is 5.88 Å². The van der Waals surface area contributed by atoms with E-state index in [2.05, 4.69) is 17.3 Å². The molecule has 6 heteroatoms. The Kier molecular flexibility index (Phi) is 5.56. The molecule has 1 amide bonds. The number of rotatable bonds is 5. The van der Waals surface area contributed by atoms with Crippen molar-refractivity contribution in [3.63, 3.8) is 0 Å². The van der Waals surface area contributed by atoms with Crippen molar-refractivity contribution in [1.82, 2.24) is 15.1 Å². The van der Waals surface area contributed by atoms with Gasteiger partial charge in [-0.1, -0.05) is 13.3 Å². The van der Waals surface area contributed by atoms with Gasteiger partial charge in [-0.05, 0) is 31.9 Å². The molecule has 1 aliphatic carbocycles. The lowest BCUT2D eigenvalue weighted by atomic mass is 9.94. The molecule has 0 radical (unpaired) electrons. The molecule has 1 N–H and O–H groups in total. The number of ether oxygens (including phenoxy) is 1. The van der Waals surface area contributed by atoms with E-state index in [4.69, 9.17) is 4.74 Å². The standard InChI is InChI=1S/C15H25N3O2S/c1-5-21-12-8-6-7-11(9-12)16-14(19)13-10(2)17-18(3)15(13)20-4/h11-12H,5-9H2,1-4H3,(H,16,19)/t11-,12+/m0/s1. The Morgan fingerprint density at radius 2 is 2.29 bits per heavy atom. The van der Waals surface area contributed by atoms with Crippen LogP contribution in [0.3, 0.4) is 0 Å². The number of amides is 1. The van der Waals surface area contributed by atoms with Gasteiger partial charge in [0.1, 0.15) is 5.56 Å². The first-order valence-electron chi connectivity index (χ1n) is 7.56. The van der Waals surface area contributed by atoms with Gasteiger partial charge in [-0.15, -0.1) is 0 Å². The molecule has 1 heterocycles. The molecule has 0 bridgehead atoms. The predicted octanol–water partition coefficient (Wildman–Crippen LogP) is 2.53. The molecule has 0 spiro atoms. The summed E-state index contributed by atoms with van der Waals surface area (Å²) >= 11 is 2.00. The summed E-state index contributed by atoms with van der Waals surface area (Å²) in [5.41, 5.74) is 1.27. The molecule has 1 fully saturated rings. The fourth-order valence-electron chi connectivity index (χ4n) is 3.05. The molecule has 1 aromatic rings. The fraction of sp³-hybridized carbons (Fsp3) is 0.733. The Labute approximate surface area is 130 Å². The normalized spacial score (nSPS) is 22.1. The molecule has 21 heavy (non-hydrogen) atoms. The smallest absolute Gasteiger partial charge is 0.258 e. The van der Waals surface area contributed by atoms with Crippen LogP contribution in [-0.2, 0) is 7.05 Å².